The molecule has 0 bridgehead atoms. The van der Waals surface area contributed by atoms with E-state index in [9.17, 15) is 4.79 Å². The minimum Gasteiger partial charge on any atom is -0.497 e. The van der Waals surface area contributed by atoms with E-state index in [0.717, 1.165) is 28.1 Å². The summed E-state index contributed by atoms with van der Waals surface area (Å²) in [5.41, 5.74) is 3.74. The molecule has 3 aromatic rings. The highest BCUT2D eigenvalue weighted by atomic mass is 16.5. The number of nitrogens with zero attached hydrogens (tertiary/aromatic N) is 1. The molecule has 1 aliphatic rings. The fraction of sp³-hybridized carbons (Fsp3) is 0.250. The standard InChI is InChI=1S/C24H23NO4/c1-5-28-23(26)18-14-19-22(25-21(18)15-9-7-6-8-10-15)17-12-11-16(27-4)13-20(17)29-24(19,2)3/h6-14H,5H2,1-4H3. The lowest BCUT2D eigenvalue weighted by Gasteiger charge is -2.35. The van der Waals surface area contributed by atoms with Crippen LogP contribution in [0.15, 0.2) is 54.6 Å². The van der Waals surface area contributed by atoms with Gasteiger partial charge in [-0.1, -0.05) is 30.3 Å². The summed E-state index contributed by atoms with van der Waals surface area (Å²) in [6.07, 6.45) is 0. The van der Waals surface area contributed by atoms with Gasteiger partial charge in [0, 0.05) is 22.8 Å². The lowest BCUT2D eigenvalue weighted by atomic mass is 9.87. The summed E-state index contributed by atoms with van der Waals surface area (Å²) in [6.45, 7) is 6.02. The van der Waals surface area contributed by atoms with Crippen LogP contribution in [0.5, 0.6) is 11.5 Å². The number of pyridine rings is 1. The maximum absolute atomic E-state index is 12.7. The molecule has 0 radical (unpaired) electrons. The third kappa shape index (κ3) is 3.33. The van der Waals surface area contributed by atoms with E-state index in [4.69, 9.17) is 19.2 Å². The molecule has 29 heavy (non-hydrogen) atoms. The van der Waals surface area contributed by atoms with Gasteiger partial charge >= 0.3 is 5.97 Å². The predicted octanol–water partition coefficient (Wildman–Crippen LogP) is 5.23. The van der Waals surface area contributed by atoms with E-state index < -0.39 is 11.6 Å². The van der Waals surface area contributed by atoms with E-state index in [0.29, 0.717) is 23.6 Å². The van der Waals surface area contributed by atoms with Gasteiger partial charge in [-0.3, -0.25) is 0 Å². The van der Waals surface area contributed by atoms with E-state index in [1.807, 2.05) is 68.4 Å². The number of benzene rings is 2. The molecule has 0 saturated heterocycles. The van der Waals surface area contributed by atoms with E-state index in [2.05, 4.69) is 0 Å². The van der Waals surface area contributed by atoms with Gasteiger partial charge in [0.15, 0.2) is 0 Å². The van der Waals surface area contributed by atoms with Gasteiger partial charge < -0.3 is 14.2 Å². The van der Waals surface area contributed by atoms with E-state index in [-0.39, 0.29) is 0 Å². The summed E-state index contributed by atoms with van der Waals surface area (Å²) in [5, 5.41) is 0. The molecule has 0 atom stereocenters. The van der Waals surface area contributed by atoms with Crippen molar-refractivity contribution in [3.05, 3.63) is 65.7 Å². The van der Waals surface area contributed by atoms with Crippen molar-refractivity contribution in [3.63, 3.8) is 0 Å². The Morgan fingerprint density at radius 3 is 2.52 bits per heavy atom. The minimum absolute atomic E-state index is 0.298. The molecule has 0 unspecified atom stereocenters. The highest BCUT2D eigenvalue weighted by Crippen LogP contribution is 2.46. The Labute approximate surface area is 170 Å². The van der Waals surface area contributed by atoms with E-state index in [1.165, 1.54) is 0 Å². The topological polar surface area (TPSA) is 57.7 Å². The average molecular weight is 389 g/mol. The monoisotopic (exact) mass is 389 g/mol. The lowest BCUT2D eigenvalue weighted by molar-refractivity contribution is 0.0526. The molecule has 1 aromatic heterocycles. The molecule has 0 spiro atoms. The van der Waals surface area contributed by atoms with Gasteiger partial charge in [-0.05, 0) is 39.0 Å². The van der Waals surface area contributed by atoms with Crippen LogP contribution in [0.3, 0.4) is 0 Å². The predicted molar refractivity (Wildman–Crippen MR) is 111 cm³/mol. The quantitative estimate of drug-likeness (QED) is 0.572. The number of rotatable bonds is 4. The fourth-order valence-electron chi connectivity index (χ4n) is 3.60. The number of carbonyl (C=O) groups excluding carboxylic acids is 1. The zero-order valence-electron chi connectivity index (χ0n) is 17.0. The maximum Gasteiger partial charge on any atom is 0.340 e. The van der Waals surface area contributed by atoms with Gasteiger partial charge in [0.1, 0.15) is 17.1 Å². The van der Waals surface area contributed by atoms with Crippen LogP contribution in [0.1, 0.15) is 36.7 Å². The Balaban J connectivity index is 2.00. The first kappa shape index (κ1) is 19.0. The molecule has 0 amide bonds. The SMILES string of the molecule is CCOC(=O)c1cc2c(nc1-c1ccccc1)-c1ccc(OC)cc1OC2(C)C. The zero-order valence-corrected chi connectivity index (χ0v) is 17.0. The van der Waals surface area contributed by atoms with Crippen molar-refractivity contribution in [1.29, 1.82) is 0 Å². The minimum atomic E-state index is -0.668. The van der Waals surface area contributed by atoms with Gasteiger partial charge in [0.05, 0.1) is 30.7 Å². The Morgan fingerprint density at radius 2 is 1.83 bits per heavy atom. The average Bonchev–Trinajstić information content (AvgIpc) is 2.73. The van der Waals surface area contributed by atoms with Crippen molar-refractivity contribution < 1.29 is 19.0 Å². The molecule has 2 aromatic carbocycles. The molecule has 148 valence electrons. The Bertz CT molecular complexity index is 1070. The molecule has 5 nitrogen and oxygen atoms in total. The van der Waals surface area contributed by atoms with Crippen molar-refractivity contribution in [2.45, 2.75) is 26.4 Å². The number of hydrogen-bond acceptors (Lipinski definition) is 5. The van der Waals surface area contributed by atoms with Gasteiger partial charge in [-0.2, -0.15) is 0 Å². The van der Waals surface area contributed by atoms with Crippen molar-refractivity contribution in [3.8, 4) is 34.0 Å². The summed E-state index contributed by atoms with van der Waals surface area (Å²) in [6, 6.07) is 17.2. The van der Waals surface area contributed by atoms with Gasteiger partial charge in [0.25, 0.3) is 0 Å². The van der Waals surface area contributed by atoms with Crippen molar-refractivity contribution >= 4 is 5.97 Å². The first-order chi connectivity index (χ1) is 13.9. The first-order valence-electron chi connectivity index (χ1n) is 9.60. The summed E-state index contributed by atoms with van der Waals surface area (Å²) in [5.74, 6) is 1.03. The lowest BCUT2D eigenvalue weighted by Crippen LogP contribution is -2.30. The normalized spacial score (nSPS) is 13.7. The third-order valence-corrected chi connectivity index (χ3v) is 5.02. The number of esters is 1. The molecule has 4 rings (SSSR count). The molecule has 2 heterocycles. The van der Waals surface area contributed by atoms with Crippen LogP contribution in [0.2, 0.25) is 0 Å². The summed E-state index contributed by atoms with van der Waals surface area (Å²) in [7, 11) is 1.63. The van der Waals surface area contributed by atoms with Crippen molar-refractivity contribution in [2.24, 2.45) is 0 Å². The fourth-order valence-corrected chi connectivity index (χ4v) is 3.60. The van der Waals surface area contributed by atoms with Crippen LogP contribution in [0.4, 0.5) is 0 Å². The Morgan fingerprint density at radius 1 is 1.07 bits per heavy atom. The Kier molecular flexibility index (Phi) is 4.74. The van der Waals surface area contributed by atoms with Crippen LogP contribution in [0.25, 0.3) is 22.5 Å². The van der Waals surface area contributed by atoms with Crippen LogP contribution < -0.4 is 9.47 Å². The second-order valence-corrected chi connectivity index (χ2v) is 7.34. The highest BCUT2D eigenvalue weighted by Gasteiger charge is 2.36. The number of hydrogen-bond donors (Lipinski definition) is 0. The highest BCUT2D eigenvalue weighted by molar-refractivity contribution is 5.97. The number of ether oxygens (including phenoxy) is 3. The van der Waals surface area contributed by atoms with E-state index in [1.54, 1.807) is 14.0 Å². The van der Waals surface area contributed by atoms with Crippen LogP contribution in [0, 0.1) is 0 Å². The van der Waals surface area contributed by atoms with Crippen LogP contribution >= 0.6 is 0 Å². The molecular formula is C24H23NO4. The largest absolute Gasteiger partial charge is 0.497 e. The maximum atomic E-state index is 12.7. The number of carbonyl (C=O) groups is 1. The Hall–Kier alpha value is -3.34. The first-order valence-corrected chi connectivity index (χ1v) is 9.60. The third-order valence-electron chi connectivity index (χ3n) is 5.02. The van der Waals surface area contributed by atoms with Crippen LogP contribution in [-0.2, 0) is 10.3 Å². The summed E-state index contributed by atoms with van der Waals surface area (Å²) < 4.78 is 16.9. The second kappa shape index (κ2) is 7.24. The molecule has 0 saturated carbocycles. The van der Waals surface area contributed by atoms with E-state index >= 15 is 0 Å². The summed E-state index contributed by atoms with van der Waals surface area (Å²) in [4.78, 5) is 17.7. The van der Waals surface area contributed by atoms with Gasteiger partial charge in [0.2, 0.25) is 0 Å². The smallest absolute Gasteiger partial charge is 0.340 e. The molecule has 0 fully saturated rings. The van der Waals surface area contributed by atoms with Gasteiger partial charge in [-0.25, -0.2) is 9.78 Å². The molecule has 0 N–H and O–H groups in total. The molecular weight excluding hydrogens is 366 g/mol. The number of methoxy groups -OCH3 is 1. The second-order valence-electron chi connectivity index (χ2n) is 7.34. The summed E-state index contributed by atoms with van der Waals surface area (Å²) >= 11 is 0. The zero-order chi connectivity index (χ0) is 20.6. The number of fused-ring (bicyclic) bond motifs is 3. The van der Waals surface area contributed by atoms with Crippen molar-refractivity contribution in [1.82, 2.24) is 4.98 Å². The van der Waals surface area contributed by atoms with Crippen molar-refractivity contribution in [2.75, 3.05) is 13.7 Å². The number of aromatic nitrogens is 1. The molecule has 1 aliphatic heterocycles. The van der Waals surface area contributed by atoms with Gasteiger partial charge in [-0.15, -0.1) is 0 Å². The molecule has 5 heteroatoms. The van der Waals surface area contributed by atoms with Crippen LogP contribution in [-0.4, -0.2) is 24.7 Å². The molecule has 0 aliphatic carbocycles.